The summed E-state index contributed by atoms with van der Waals surface area (Å²) in [5.74, 6) is -0.363. The summed E-state index contributed by atoms with van der Waals surface area (Å²) >= 11 is 5.87. The molecule has 0 spiro atoms. The van der Waals surface area contributed by atoms with Gasteiger partial charge in [-0.3, -0.25) is 0 Å². The number of hydrogen-bond donors (Lipinski definition) is 0. The predicted octanol–water partition coefficient (Wildman–Crippen LogP) is 3.86. The lowest BCUT2D eigenvalue weighted by molar-refractivity contribution is 0.00949. The monoisotopic (exact) mass is 267 g/mol. The number of pyridine rings is 1. The lowest BCUT2D eigenvalue weighted by Crippen LogP contribution is -2.28. The van der Waals surface area contributed by atoms with Gasteiger partial charge in [-0.05, 0) is 43.2 Å². The fourth-order valence-electron chi connectivity index (χ4n) is 2.24. The summed E-state index contributed by atoms with van der Waals surface area (Å²) in [6.07, 6.45) is 5.61. The van der Waals surface area contributed by atoms with E-state index in [1.54, 1.807) is 18.3 Å². The van der Waals surface area contributed by atoms with E-state index in [2.05, 4.69) is 18.8 Å². The zero-order valence-electron chi connectivity index (χ0n) is 10.8. The van der Waals surface area contributed by atoms with Crippen LogP contribution in [0.15, 0.2) is 18.3 Å². The fraction of sp³-hybridized carbons (Fsp3) is 0.571. The first kappa shape index (κ1) is 13.3. The zero-order valence-corrected chi connectivity index (χ0v) is 11.5. The van der Waals surface area contributed by atoms with E-state index in [-0.39, 0.29) is 17.2 Å². The molecule has 0 aromatic carbocycles. The number of halogens is 1. The first-order valence-electron chi connectivity index (χ1n) is 6.29. The Morgan fingerprint density at radius 1 is 1.44 bits per heavy atom. The molecule has 1 aromatic rings. The van der Waals surface area contributed by atoms with Gasteiger partial charge in [-0.2, -0.15) is 0 Å². The van der Waals surface area contributed by atoms with Gasteiger partial charge in [0.2, 0.25) is 0 Å². The molecular weight excluding hydrogens is 250 g/mol. The quantitative estimate of drug-likeness (QED) is 0.603. The van der Waals surface area contributed by atoms with E-state index in [9.17, 15) is 4.79 Å². The molecule has 18 heavy (non-hydrogen) atoms. The standard InChI is InChI=1S/C14H18ClNO2/c1-14(2)7-5-10(6-8-14)18-13(17)11-4-3-9-16-12(11)15/h3-4,9-10H,5-8H2,1-2H3. The first-order chi connectivity index (χ1) is 8.48. The number of ether oxygens (including phenoxy) is 1. The molecule has 2 rings (SSSR count). The van der Waals surface area contributed by atoms with Gasteiger partial charge in [-0.15, -0.1) is 0 Å². The van der Waals surface area contributed by atoms with E-state index in [0.717, 1.165) is 25.7 Å². The minimum atomic E-state index is -0.363. The number of aromatic nitrogens is 1. The highest BCUT2D eigenvalue weighted by Gasteiger charge is 2.29. The molecule has 0 N–H and O–H groups in total. The van der Waals surface area contributed by atoms with Gasteiger partial charge >= 0.3 is 5.97 Å². The SMILES string of the molecule is CC1(C)CCC(OC(=O)c2cccnc2Cl)CC1. The Morgan fingerprint density at radius 3 is 2.72 bits per heavy atom. The van der Waals surface area contributed by atoms with Crippen molar-refractivity contribution in [3.8, 4) is 0 Å². The Morgan fingerprint density at radius 2 is 2.11 bits per heavy atom. The molecule has 1 aliphatic carbocycles. The maximum atomic E-state index is 11.9. The van der Waals surface area contributed by atoms with Gasteiger partial charge in [0.15, 0.2) is 0 Å². The highest BCUT2D eigenvalue weighted by atomic mass is 35.5. The molecular formula is C14H18ClNO2. The summed E-state index contributed by atoms with van der Waals surface area (Å²) in [7, 11) is 0. The molecule has 1 heterocycles. The Bertz CT molecular complexity index is 435. The highest BCUT2D eigenvalue weighted by Crippen LogP contribution is 2.36. The third kappa shape index (κ3) is 3.22. The van der Waals surface area contributed by atoms with Crippen LogP contribution in [-0.4, -0.2) is 17.1 Å². The molecule has 0 amide bonds. The van der Waals surface area contributed by atoms with Crippen LogP contribution >= 0.6 is 11.6 Å². The van der Waals surface area contributed by atoms with E-state index in [4.69, 9.17) is 16.3 Å². The smallest absolute Gasteiger partial charge is 0.341 e. The van der Waals surface area contributed by atoms with Crippen LogP contribution in [0.3, 0.4) is 0 Å². The molecule has 1 aromatic heterocycles. The van der Waals surface area contributed by atoms with E-state index in [1.165, 1.54) is 0 Å². The van der Waals surface area contributed by atoms with Crippen molar-refractivity contribution in [3.63, 3.8) is 0 Å². The van der Waals surface area contributed by atoms with Crippen LogP contribution < -0.4 is 0 Å². The van der Waals surface area contributed by atoms with E-state index < -0.39 is 0 Å². The third-order valence-electron chi connectivity index (χ3n) is 3.54. The largest absolute Gasteiger partial charge is 0.459 e. The van der Waals surface area contributed by atoms with Crippen LogP contribution in [0.5, 0.6) is 0 Å². The van der Waals surface area contributed by atoms with Crippen LogP contribution in [-0.2, 0) is 4.74 Å². The Balaban J connectivity index is 1.95. The van der Waals surface area contributed by atoms with E-state index >= 15 is 0 Å². The van der Waals surface area contributed by atoms with Crippen LogP contribution in [0.25, 0.3) is 0 Å². The summed E-state index contributed by atoms with van der Waals surface area (Å²) in [6, 6.07) is 3.33. The van der Waals surface area contributed by atoms with Crippen molar-refractivity contribution in [2.75, 3.05) is 0 Å². The Labute approximate surface area is 113 Å². The fourth-order valence-corrected chi connectivity index (χ4v) is 2.44. The molecule has 3 nitrogen and oxygen atoms in total. The summed E-state index contributed by atoms with van der Waals surface area (Å²) in [6.45, 7) is 4.51. The van der Waals surface area contributed by atoms with Gasteiger partial charge in [0.05, 0.1) is 5.56 Å². The van der Waals surface area contributed by atoms with Gasteiger partial charge in [0, 0.05) is 6.20 Å². The number of nitrogens with zero attached hydrogens (tertiary/aromatic N) is 1. The zero-order chi connectivity index (χ0) is 13.2. The molecule has 0 bridgehead atoms. The van der Waals surface area contributed by atoms with Crippen molar-refractivity contribution in [2.24, 2.45) is 5.41 Å². The van der Waals surface area contributed by atoms with Crippen LogP contribution in [0.1, 0.15) is 49.9 Å². The summed E-state index contributed by atoms with van der Waals surface area (Å²) in [5.41, 5.74) is 0.721. The topological polar surface area (TPSA) is 39.2 Å². The normalized spacial score (nSPS) is 19.5. The molecule has 0 atom stereocenters. The van der Waals surface area contributed by atoms with Gasteiger partial charge in [0.25, 0.3) is 0 Å². The average molecular weight is 268 g/mol. The summed E-state index contributed by atoms with van der Waals surface area (Å²) in [5, 5.41) is 0.207. The van der Waals surface area contributed by atoms with Crippen molar-refractivity contribution >= 4 is 17.6 Å². The molecule has 4 heteroatoms. The third-order valence-corrected chi connectivity index (χ3v) is 3.84. The van der Waals surface area contributed by atoms with Crippen LogP contribution in [0.4, 0.5) is 0 Å². The number of carbonyl (C=O) groups excluding carboxylic acids is 1. The van der Waals surface area contributed by atoms with Gasteiger partial charge in [0.1, 0.15) is 11.3 Å². The average Bonchev–Trinajstić information content (AvgIpc) is 2.32. The summed E-state index contributed by atoms with van der Waals surface area (Å²) in [4.78, 5) is 15.8. The van der Waals surface area contributed by atoms with Crippen molar-refractivity contribution in [1.82, 2.24) is 4.98 Å². The van der Waals surface area contributed by atoms with Gasteiger partial charge in [-0.25, -0.2) is 9.78 Å². The summed E-state index contributed by atoms with van der Waals surface area (Å²) < 4.78 is 5.49. The van der Waals surface area contributed by atoms with Crippen molar-refractivity contribution in [1.29, 1.82) is 0 Å². The minimum Gasteiger partial charge on any atom is -0.459 e. The minimum absolute atomic E-state index is 0.0156. The molecule has 1 aliphatic rings. The molecule has 0 unspecified atom stereocenters. The Kier molecular flexibility index (Phi) is 3.91. The van der Waals surface area contributed by atoms with E-state index in [1.807, 2.05) is 0 Å². The maximum absolute atomic E-state index is 11.9. The molecule has 98 valence electrons. The molecule has 0 saturated heterocycles. The number of carbonyl (C=O) groups is 1. The predicted molar refractivity (Wildman–Crippen MR) is 70.7 cm³/mol. The maximum Gasteiger partial charge on any atom is 0.341 e. The second-order valence-electron chi connectivity index (χ2n) is 5.61. The van der Waals surface area contributed by atoms with Crippen molar-refractivity contribution < 1.29 is 9.53 Å². The van der Waals surface area contributed by atoms with E-state index in [0.29, 0.717) is 11.0 Å². The van der Waals surface area contributed by atoms with Gasteiger partial charge < -0.3 is 4.74 Å². The molecule has 1 fully saturated rings. The number of rotatable bonds is 2. The van der Waals surface area contributed by atoms with Crippen LogP contribution in [0, 0.1) is 5.41 Å². The molecule has 0 aliphatic heterocycles. The molecule has 1 saturated carbocycles. The van der Waals surface area contributed by atoms with Gasteiger partial charge in [-0.1, -0.05) is 25.4 Å². The number of esters is 1. The van der Waals surface area contributed by atoms with Crippen molar-refractivity contribution in [3.05, 3.63) is 29.0 Å². The lowest BCUT2D eigenvalue weighted by Gasteiger charge is -2.33. The lowest BCUT2D eigenvalue weighted by atomic mass is 9.76. The highest BCUT2D eigenvalue weighted by molar-refractivity contribution is 6.32. The second-order valence-corrected chi connectivity index (χ2v) is 5.97. The molecule has 0 radical (unpaired) electrons. The Hall–Kier alpha value is -1.09. The van der Waals surface area contributed by atoms with Crippen molar-refractivity contribution in [2.45, 2.75) is 45.6 Å². The first-order valence-corrected chi connectivity index (χ1v) is 6.67. The number of hydrogen-bond acceptors (Lipinski definition) is 3. The van der Waals surface area contributed by atoms with Crippen LogP contribution in [0.2, 0.25) is 5.15 Å². The second kappa shape index (κ2) is 5.27.